The van der Waals surface area contributed by atoms with Crippen LogP contribution < -0.4 is 14.2 Å². The maximum absolute atomic E-state index is 11.0. The molecular formula is C21H28NO4+. The number of hydrogen-bond acceptors (Lipinski definition) is 4. The van der Waals surface area contributed by atoms with E-state index < -0.39 is 0 Å². The van der Waals surface area contributed by atoms with Gasteiger partial charge in [0, 0.05) is 12.8 Å². The van der Waals surface area contributed by atoms with Crippen LogP contribution in [0.25, 0.3) is 0 Å². The standard InChI is InChI=1S/C21H27NO4/c1-22(2)11-10-15-13-18(25-4)21(26-5)20(23)19(15)17(22)12-14-6-8-16(24-3)9-7-14/h6-9,13,17H,10-12H2,1-5H3/p+1. The average Bonchev–Trinajstić information content (AvgIpc) is 2.64. The first-order valence-electron chi connectivity index (χ1n) is 8.83. The SMILES string of the molecule is COc1ccc(CC2c3c(cc(OC)c(OC)c3O)CC[N+]2(C)C)cc1. The lowest BCUT2D eigenvalue weighted by atomic mass is 9.86. The highest BCUT2D eigenvalue weighted by Gasteiger charge is 2.39. The summed E-state index contributed by atoms with van der Waals surface area (Å²) < 4.78 is 16.9. The molecule has 1 heterocycles. The number of fused-ring (bicyclic) bond motifs is 1. The molecule has 0 aromatic heterocycles. The van der Waals surface area contributed by atoms with E-state index in [0.717, 1.165) is 40.7 Å². The van der Waals surface area contributed by atoms with Crippen LogP contribution in [0.4, 0.5) is 0 Å². The molecule has 2 aromatic rings. The van der Waals surface area contributed by atoms with Gasteiger partial charge in [-0.1, -0.05) is 12.1 Å². The molecule has 2 aromatic carbocycles. The summed E-state index contributed by atoms with van der Waals surface area (Å²) in [5, 5.41) is 11.0. The quantitative estimate of drug-likeness (QED) is 0.833. The van der Waals surface area contributed by atoms with E-state index in [0.29, 0.717) is 11.5 Å². The van der Waals surface area contributed by atoms with Gasteiger partial charge in [-0.15, -0.1) is 0 Å². The van der Waals surface area contributed by atoms with Crippen molar-refractivity contribution in [1.82, 2.24) is 0 Å². The van der Waals surface area contributed by atoms with Crippen molar-refractivity contribution in [3.05, 3.63) is 47.0 Å². The van der Waals surface area contributed by atoms with Crippen LogP contribution in [-0.2, 0) is 12.8 Å². The van der Waals surface area contributed by atoms with Crippen LogP contribution in [0.2, 0.25) is 0 Å². The summed E-state index contributed by atoms with van der Waals surface area (Å²) in [4.78, 5) is 0. The Labute approximate surface area is 155 Å². The Morgan fingerprint density at radius 2 is 1.73 bits per heavy atom. The largest absolute Gasteiger partial charge is 0.504 e. The van der Waals surface area contributed by atoms with Crippen molar-refractivity contribution < 1.29 is 23.8 Å². The summed E-state index contributed by atoms with van der Waals surface area (Å²) in [7, 11) is 9.26. The number of aromatic hydroxyl groups is 1. The van der Waals surface area contributed by atoms with Gasteiger partial charge in [0.25, 0.3) is 0 Å². The first-order valence-corrected chi connectivity index (χ1v) is 8.83. The summed E-state index contributed by atoms with van der Waals surface area (Å²) >= 11 is 0. The van der Waals surface area contributed by atoms with Crippen LogP contribution >= 0.6 is 0 Å². The molecule has 1 N–H and O–H groups in total. The number of phenolic OH excluding ortho intramolecular Hbond substituents is 1. The molecule has 1 aliphatic heterocycles. The monoisotopic (exact) mass is 358 g/mol. The van der Waals surface area contributed by atoms with E-state index >= 15 is 0 Å². The summed E-state index contributed by atoms with van der Waals surface area (Å²) in [5.41, 5.74) is 3.31. The minimum absolute atomic E-state index is 0.131. The summed E-state index contributed by atoms with van der Waals surface area (Å²) in [6.45, 7) is 1.00. The lowest BCUT2D eigenvalue weighted by Gasteiger charge is -2.43. The van der Waals surface area contributed by atoms with E-state index in [-0.39, 0.29) is 11.8 Å². The third-order valence-corrected chi connectivity index (χ3v) is 5.49. The van der Waals surface area contributed by atoms with Crippen molar-refractivity contribution in [2.24, 2.45) is 0 Å². The predicted molar refractivity (Wildman–Crippen MR) is 101 cm³/mol. The van der Waals surface area contributed by atoms with Crippen LogP contribution in [0.5, 0.6) is 23.0 Å². The Morgan fingerprint density at radius 3 is 2.31 bits per heavy atom. The zero-order chi connectivity index (χ0) is 18.9. The molecule has 140 valence electrons. The molecule has 1 aliphatic rings. The zero-order valence-electron chi connectivity index (χ0n) is 16.2. The van der Waals surface area contributed by atoms with Gasteiger partial charge in [-0.25, -0.2) is 0 Å². The van der Waals surface area contributed by atoms with Gasteiger partial charge >= 0.3 is 0 Å². The number of quaternary nitrogens is 1. The molecule has 26 heavy (non-hydrogen) atoms. The first-order chi connectivity index (χ1) is 12.4. The Bertz CT molecular complexity index is 784. The van der Waals surface area contributed by atoms with Crippen molar-refractivity contribution in [1.29, 1.82) is 0 Å². The van der Waals surface area contributed by atoms with Gasteiger partial charge in [0.05, 0.1) is 47.5 Å². The van der Waals surface area contributed by atoms with E-state index in [1.807, 2.05) is 18.2 Å². The van der Waals surface area contributed by atoms with Crippen LogP contribution in [0, 0.1) is 0 Å². The lowest BCUT2D eigenvalue weighted by molar-refractivity contribution is -0.923. The molecule has 0 saturated heterocycles. The molecule has 0 bridgehead atoms. The van der Waals surface area contributed by atoms with Crippen LogP contribution in [0.1, 0.15) is 22.7 Å². The molecule has 0 radical (unpaired) electrons. The number of methoxy groups -OCH3 is 3. The van der Waals surface area contributed by atoms with Crippen molar-refractivity contribution in [3.8, 4) is 23.0 Å². The first kappa shape index (κ1) is 18.4. The predicted octanol–water partition coefficient (Wildman–Crippen LogP) is 3.33. The average molecular weight is 358 g/mol. The molecule has 0 fully saturated rings. The van der Waals surface area contributed by atoms with Gasteiger partial charge < -0.3 is 23.8 Å². The summed E-state index contributed by atoms with van der Waals surface area (Å²) in [5.74, 6) is 2.04. The van der Waals surface area contributed by atoms with Crippen molar-refractivity contribution in [3.63, 3.8) is 0 Å². The van der Waals surface area contributed by atoms with Gasteiger partial charge in [-0.2, -0.15) is 0 Å². The van der Waals surface area contributed by atoms with Gasteiger partial charge in [-0.05, 0) is 29.3 Å². The van der Waals surface area contributed by atoms with Crippen molar-refractivity contribution in [2.75, 3.05) is 42.0 Å². The number of phenols is 1. The topological polar surface area (TPSA) is 47.9 Å². The number of hydrogen-bond donors (Lipinski definition) is 1. The van der Waals surface area contributed by atoms with E-state index in [9.17, 15) is 5.11 Å². The number of nitrogens with zero attached hydrogens (tertiary/aromatic N) is 1. The number of rotatable bonds is 5. The highest BCUT2D eigenvalue weighted by Crippen LogP contribution is 2.48. The fourth-order valence-electron chi connectivity index (χ4n) is 3.87. The molecule has 5 nitrogen and oxygen atoms in total. The second kappa shape index (κ2) is 7.08. The Kier molecular flexibility index (Phi) is 5.01. The third-order valence-electron chi connectivity index (χ3n) is 5.49. The van der Waals surface area contributed by atoms with Crippen molar-refractivity contribution >= 4 is 0 Å². The minimum Gasteiger partial charge on any atom is -0.504 e. The molecule has 1 atom stereocenters. The fraction of sp³-hybridized carbons (Fsp3) is 0.429. The van der Waals surface area contributed by atoms with Gasteiger partial charge in [0.1, 0.15) is 11.8 Å². The van der Waals surface area contributed by atoms with Gasteiger partial charge in [0.2, 0.25) is 5.75 Å². The third kappa shape index (κ3) is 3.19. The number of benzene rings is 2. The van der Waals surface area contributed by atoms with Crippen LogP contribution in [0.15, 0.2) is 30.3 Å². The molecule has 0 aliphatic carbocycles. The molecule has 0 spiro atoms. The Morgan fingerprint density at radius 1 is 1.04 bits per heavy atom. The van der Waals surface area contributed by atoms with E-state index in [1.165, 1.54) is 5.56 Å². The molecule has 3 rings (SSSR count). The van der Waals surface area contributed by atoms with E-state index in [2.05, 4.69) is 26.2 Å². The Balaban J connectivity index is 2.06. The van der Waals surface area contributed by atoms with Crippen LogP contribution in [-0.4, -0.2) is 51.6 Å². The maximum atomic E-state index is 11.0. The van der Waals surface area contributed by atoms with E-state index in [1.54, 1.807) is 21.3 Å². The summed E-state index contributed by atoms with van der Waals surface area (Å²) in [6, 6.07) is 10.3. The minimum atomic E-state index is 0.131. The fourth-order valence-corrected chi connectivity index (χ4v) is 3.87. The van der Waals surface area contributed by atoms with Gasteiger partial charge in [-0.3, -0.25) is 0 Å². The molecule has 0 saturated carbocycles. The lowest BCUT2D eigenvalue weighted by Crippen LogP contribution is -2.48. The van der Waals surface area contributed by atoms with Crippen LogP contribution in [0.3, 0.4) is 0 Å². The normalized spacial score (nSPS) is 18.1. The molecule has 1 unspecified atom stereocenters. The molecule has 0 amide bonds. The Hall–Kier alpha value is -2.40. The second-order valence-electron chi connectivity index (χ2n) is 7.35. The molecular weight excluding hydrogens is 330 g/mol. The second-order valence-corrected chi connectivity index (χ2v) is 7.35. The van der Waals surface area contributed by atoms with Crippen molar-refractivity contribution in [2.45, 2.75) is 18.9 Å². The number of ether oxygens (including phenoxy) is 3. The van der Waals surface area contributed by atoms with E-state index in [4.69, 9.17) is 14.2 Å². The smallest absolute Gasteiger partial charge is 0.203 e. The highest BCUT2D eigenvalue weighted by molar-refractivity contribution is 5.59. The molecule has 5 heteroatoms. The maximum Gasteiger partial charge on any atom is 0.203 e. The number of likely N-dealkylation sites (N-methyl/N-ethyl adjacent to an activating group) is 1. The van der Waals surface area contributed by atoms with Gasteiger partial charge in [0.15, 0.2) is 11.5 Å². The highest BCUT2D eigenvalue weighted by atomic mass is 16.5. The summed E-state index contributed by atoms with van der Waals surface area (Å²) in [6.07, 6.45) is 1.72. The zero-order valence-corrected chi connectivity index (χ0v) is 16.2.